The van der Waals surface area contributed by atoms with Crippen LogP contribution in [0.2, 0.25) is 0 Å². The van der Waals surface area contributed by atoms with Crippen molar-refractivity contribution in [1.82, 2.24) is 9.97 Å². The topological polar surface area (TPSA) is 37.8 Å². The highest BCUT2D eigenvalue weighted by molar-refractivity contribution is 9.10. The van der Waals surface area contributed by atoms with Crippen LogP contribution in [0.1, 0.15) is 10.4 Å². The Morgan fingerprint density at radius 1 is 1.05 bits per heavy atom. The second-order valence-corrected chi connectivity index (χ2v) is 6.90. The number of halogens is 1. The van der Waals surface area contributed by atoms with E-state index >= 15 is 0 Å². The Bertz CT molecular complexity index is 748. The lowest BCUT2D eigenvalue weighted by Crippen LogP contribution is -1.92. The van der Waals surface area contributed by atoms with Crippen LogP contribution >= 0.6 is 27.3 Å². The van der Waals surface area contributed by atoms with Crippen molar-refractivity contribution in [2.75, 3.05) is 5.32 Å². The van der Waals surface area contributed by atoms with Gasteiger partial charge in [0.1, 0.15) is 5.82 Å². The molecule has 2 heterocycles. The van der Waals surface area contributed by atoms with Gasteiger partial charge >= 0.3 is 0 Å². The highest BCUT2D eigenvalue weighted by atomic mass is 79.9. The lowest BCUT2D eigenvalue weighted by Gasteiger charge is -2.01. The summed E-state index contributed by atoms with van der Waals surface area (Å²) < 4.78 is 1.07. The number of pyridine rings is 1. The maximum atomic E-state index is 4.68. The maximum Gasteiger partial charge on any atom is 0.189 e. The molecule has 0 saturated carbocycles. The number of hydrogen-bond donors (Lipinski definition) is 1. The molecule has 0 aliphatic carbocycles. The first-order valence-electron chi connectivity index (χ1n) is 6.55. The molecule has 0 aliphatic heterocycles. The highest BCUT2D eigenvalue weighted by Crippen LogP contribution is 2.32. The van der Waals surface area contributed by atoms with Crippen molar-refractivity contribution in [2.45, 2.75) is 13.8 Å². The highest BCUT2D eigenvalue weighted by Gasteiger charge is 2.10. The minimum atomic E-state index is 0.816. The van der Waals surface area contributed by atoms with Crippen molar-refractivity contribution in [3.8, 4) is 11.3 Å². The van der Waals surface area contributed by atoms with E-state index in [1.165, 1.54) is 4.88 Å². The van der Waals surface area contributed by atoms with Crippen LogP contribution < -0.4 is 5.32 Å². The van der Waals surface area contributed by atoms with Crippen molar-refractivity contribution in [1.29, 1.82) is 0 Å². The zero-order valence-corrected chi connectivity index (χ0v) is 14.1. The first-order valence-corrected chi connectivity index (χ1v) is 8.16. The minimum absolute atomic E-state index is 0.816. The van der Waals surface area contributed by atoms with Gasteiger partial charge in [-0.15, -0.1) is 11.3 Å². The fourth-order valence-corrected chi connectivity index (χ4v) is 3.08. The smallest absolute Gasteiger partial charge is 0.189 e. The zero-order chi connectivity index (χ0) is 14.8. The third-order valence-corrected chi connectivity index (χ3v) is 4.48. The number of aromatic nitrogens is 2. The van der Waals surface area contributed by atoms with E-state index in [1.54, 1.807) is 11.3 Å². The van der Waals surface area contributed by atoms with Gasteiger partial charge < -0.3 is 5.32 Å². The van der Waals surface area contributed by atoms with Crippen LogP contribution in [0.4, 0.5) is 10.9 Å². The van der Waals surface area contributed by atoms with Crippen LogP contribution in [0.5, 0.6) is 0 Å². The maximum absolute atomic E-state index is 4.68. The average Bonchev–Trinajstić information content (AvgIpc) is 2.83. The third kappa shape index (κ3) is 3.31. The Balaban J connectivity index is 1.87. The average molecular weight is 360 g/mol. The molecule has 3 nitrogen and oxygen atoms in total. The molecule has 1 aromatic carbocycles. The zero-order valence-electron chi connectivity index (χ0n) is 11.7. The molecule has 0 bridgehead atoms. The summed E-state index contributed by atoms with van der Waals surface area (Å²) in [6.07, 6.45) is 1.85. The predicted octanol–water partition coefficient (Wildman–Crippen LogP) is 5.33. The number of hydrogen-bond acceptors (Lipinski definition) is 4. The molecule has 3 rings (SSSR count). The van der Waals surface area contributed by atoms with Crippen LogP contribution in [-0.2, 0) is 0 Å². The number of rotatable bonds is 3. The van der Waals surface area contributed by atoms with Crippen molar-refractivity contribution < 1.29 is 0 Å². The summed E-state index contributed by atoms with van der Waals surface area (Å²) in [5.74, 6) is 0.816. The Morgan fingerprint density at radius 3 is 2.48 bits per heavy atom. The van der Waals surface area contributed by atoms with Crippen LogP contribution in [0.25, 0.3) is 11.3 Å². The molecule has 0 unspecified atom stereocenters. The normalized spacial score (nSPS) is 10.6. The molecule has 0 radical (unpaired) electrons. The van der Waals surface area contributed by atoms with Crippen LogP contribution in [0.3, 0.4) is 0 Å². The molecule has 0 atom stereocenters. The monoisotopic (exact) mass is 359 g/mol. The lowest BCUT2D eigenvalue weighted by molar-refractivity contribution is 1.25. The summed E-state index contributed by atoms with van der Waals surface area (Å²) in [5.41, 5.74) is 3.28. The summed E-state index contributed by atoms with van der Waals surface area (Å²) in [6.45, 7) is 4.11. The van der Waals surface area contributed by atoms with E-state index in [1.807, 2.05) is 37.4 Å². The van der Waals surface area contributed by atoms with Gasteiger partial charge in [-0.2, -0.15) is 0 Å². The first kappa shape index (κ1) is 14.2. The second kappa shape index (κ2) is 5.95. The van der Waals surface area contributed by atoms with E-state index in [0.29, 0.717) is 0 Å². The number of nitrogens with one attached hydrogen (secondary N) is 1. The molecule has 0 fully saturated rings. The first-order chi connectivity index (χ1) is 10.1. The number of aryl methyl sites for hydroxylation is 2. The fourth-order valence-electron chi connectivity index (χ4n) is 1.98. The molecule has 106 valence electrons. The molecule has 0 amide bonds. The van der Waals surface area contributed by atoms with Crippen LogP contribution in [0.15, 0.2) is 47.1 Å². The molecular weight excluding hydrogens is 346 g/mol. The third-order valence-electron chi connectivity index (χ3n) is 3.06. The van der Waals surface area contributed by atoms with Crippen LogP contribution in [-0.4, -0.2) is 9.97 Å². The Hall–Kier alpha value is -1.72. The summed E-state index contributed by atoms with van der Waals surface area (Å²) >= 11 is 5.09. The largest absolute Gasteiger partial charge is 0.316 e. The SMILES string of the molecule is Cc1ccc(Nc2nc(-c3ccc(Br)cc3)c(C)s2)nc1. The van der Waals surface area contributed by atoms with Gasteiger partial charge in [0.15, 0.2) is 5.13 Å². The molecule has 0 saturated heterocycles. The van der Waals surface area contributed by atoms with Gasteiger partial charge in [-0.1, -0.05) is 34.1 Å². The Labute approximate surface area is 136 Å². The van der Waals surface area contributed by atoms with E-state index in [4.69, 9.17) is 0 Å². The van der Waals surface area contributed by atoms with Gasteiger partial charge in [0, 0.05) is 21.1 Å². The van der Waals surface area contributed by atoms with Gasteiger partial charge in [0.05, 0.1) is 5.69 Å². The number of nitrogens with zero attached hydrogens (tertiary/aromatic N) is 2. The summed E-state index contributed by atoms with van der Waals surface area (Å²) in [4.78, 5) is 10.2. The van der Waals surface area contributed by atoms with E-state index in [-0.39, 0.29) is 0 Å². The molecular formula is C16H14BrN3S. The summed E-state index contributed by atoms with van der Waals surface area (Å²) in [6, 6.07) is 12.2. The Kier molecular flexibility index (Phi) is 4.03. The molecule has 3 aromatic rings. The van der Waals surface area contributed by atoms with Crippen molar-refractivity contribution in [2.24, 2.45) is 0 Å². The van der Waals surface area contributed by atoms with Crippen molar-refractivity contribution in [3.05, 3.63) is 57.5 Å². The lowest BCUT2D eigenvalue weighted by atomic mass is 10.1. The van der Waals surface area contributed by atoms with E-state index in [0.717, 1.165) is 32.2 Å². The minimum Gasteiger partial charge on any atom is -0.316 e. The van der Waals surface area contributed by atoms with Crippen molar-refractivity contribution >= 4 is 38.2 Å². The molecule has 1 N–H and O–H groups in total. The van der Waals surface area contributed by atoms with E-state index in [2.05, 4.69) is 50.3 Å². The fraction of sp³-hybridized carbons (Fsp3) is 0.125. The molecule has 5 heteroatoms. The van der Waals surface area contributed by atoms with E-state index in [9.17, 15) is 0 Å². The summed E-state index contributed by atoms with van der Waals surface area (Å²) in [7, 11) is 0. The van der Waals surface area contributed by atoms with Gasteiger partial charge in [0.25, 0.3) is 0 Å². The standard InChI is InChI=1S/C16H14BrN3S/c1-10-3-8-14(18-9-10)19-16-20-15(11(2)21-16)12-4-6-13(17)7-5-12/h3-9H,1-2H3,(H,18,19,20). The van der Waals surface area contributed by atoms with E-state index < -0.39 is 0 Å². The number of anilines is 2. The quantitative estimate of drug-likeness (QED) is 0.686. The molecule has 0 spiro atoms. The molecule has 2 aromatic heterocycles. The predicted molar refractivity (Wildman–Crippen MR) is 92.2 cm³/mol. The summed E-state index contributed by atoms with van der Waals surface area (Å²) in [5, 5.41) is 4.12. The van der Waals surface area contributed by atoms with Gasteiger partial charge in [-0.05, 0) is 37.6 Å². The van der Waals surface area contributed by atoms with Crippen LogP contribution in [0, 0.1) is 13.8 Å². The van der Waals surface area contributed by atoms with Gasteiger partial charge in [-0.3, -0.25) is 0 Å². The van der Waals surface area contributed by atoms with Crippen molar-refractivity contribution in [3.63, 3.8) is 0 Å². The number of thiazole rings is 1. The van der Waals surface area contributed by atoms with Gasteiger partial charge in [-0.25, -0.2) is 9.97 Å². The number of benzene rings is 1. The molecule has 0 aliphatic rings. The second-order valence-electron chi connectivity index (χ2n) is 4.78. The Morgan fingerprint density at radius 2 is 1.81 bits per heavy atom. The molecule has 21 heavy (non-hydrogen) atoms. The van der Waals surface area contributed by atoms with Gasteiger partial charge in [0.2, 0.25) is 0 Å².